The van der Waals surface area contributed by atoms with Gasteiger partial charge in [-0.1, -0.05) is 0 Å². The molecule has 3 heterocycles. The molecule has 9 N–H and O–H groups in total. The van der Waals surface area contributed by atoms with Crippen LogP contribution in [-0.2, 0) is 41.5 Å². The SMILES string of the molecule is O=P(O)(O)O[C@@H]1[C@H](O)[C@@H](O[C@H]2[C@@H](OP(=O)(O)O)[C@H](n3ccnc3)O[C@@H]2CO)O[C@@H](CO)[C@H]1OP(=O)(O)O. The van der Waals surface area contributed by atoms with E-state index in [1.807, 2.05) is 0 Å². The first-order chi connectivity index (χ1) is 17.0. The third-order valence-corrected chi connectivity index (χ3v) is 6.70. The summed E-state index contributed by atoms with van der Waals surface area (Å²) in [5, 5.41) is 30.2. The molecule has 2 aliphatic rings. The van der Waals surface area contributed by atoms with Crippen LogP contribution in [0.3, 0.4) is 0 Å². The van der Waals surface area contributed by atoms with Gasteiger partial charge in [0.1, 0.15) is 42.7 Å². The average Bonchev–Trinajstić information content (AvgIpc) is 3.38. The van der Waals surface area contributed by atoms with Crippen LogP contribution in [-0.4, -0.2) is 116 Å². The second kappa shape index (κ2) is 11.8. The lowest BCUT2D eigenvalue weighted by molar-refractivity contribution is -0.313. The number of hydrogen-bond acceptors (Lipinski definition) is 13. The maximum atomic E-state index is 11.6. The smallest absolute Gasteiger partial charge is 0.394 e. The zero-order valence-electron chi connectivity index (χ0n) is 18.3. The van der Waals surface area contributed by atoms with Gasteiger partial charge in [-0.25, -0.2) is 18.7 Å². The molecule has 2 aliphatic heterocycles. The van der Waals surface area contributed by atoms with E-state index in [9.17, 15) is 48.6 Å². The Morgan fingerprint density at radius 2 is 1.30 bits per heavy atom. The fraction of sp³-hybridized carbons (Fsp3) is 0.786. The molecule has 0 unspecified atom stereocenters. The second-order valence-corrected chi connectivity index (χ2v) is 11.3. The lowest BCUT2D eigenvalue weighted by Crippen LogP contribution is -2.61. The molecule has 0 saturated carbocycles. The van der Waals surface area contributed by atoms with Crippen molar-refractivity contribution < 1.29 is 86.2 Å². The van der Waals surface area contributed by atoms with Gasteiger partial charge in [-0.15, -0.1) is 0 Å². The summed E-state index contributed by atoms with van der Waals surface area (Å²) < 4.78 is 65.8. The van der Waals surface area contributed by atoms with Crippen LogP contribution in [0.5, 0.6) is 0 Å². The number of phosphoric ester groups is 3. The van der Waals surface area contributed by atoms with Gasteiger partial charge in [-0.05, 0) is 0 Å². The largest absolute Gasteiger partial charge is 0.470 e. The molecule has 37 heavy (non-hydrogen) atoms. The van der Waals surface area contributed by atoms with Gasteiger partial charge in [0.25, 0.3) is 0 Å². The lowest BCUT2D eigenvalue weighted by atomic mass is 9.99. The standard InChI is InChI=1S/C14H25N2O18P3/c17-3-6-9(12(34-37(26,27)28)13(29-6)16-2-1-15-5-16)31-14-8(19)11(33-36(23,24)25)10(7(4-18)30-14)32-35(20,21)22/h1-2,5-14,17-19H,3-4H2,(H2,20,21,22)(H2,23,24,25)(H2,26,27,28)/t6-,7+,8+,9-,10-,11-,12-,13-,14-/m1/s1. The summed E-state index contributed by atoms with van der Waals surface area (Å²) in [6, 6.07) is 0. The molecular weight excluding hydrogens is 577 g/mol. The third-order valence-electron chi connectivity index (χ3n) is 5.15. The van der Waals surface area contributed by atoms with Gasteiger partial charge in [0.05, 0.1) is 19.5 Å². The van der Waals surface area contributed by atoms with E-state index in [0.717, 1.165) is 0 Å². The molecule has 2 saturated heterocycles. The highest BCUT2D eigenvalue weighted by atomic mass is 31.2. The number of phosphoric acid groups is 3. The molecule has 1 aromatic rings. The summed E-state index contributed by atoms with van der Waals surface area (Å²) in [7, 11) is -16.1. The molecule has 1 aromatic heterocycles. The van der Waals surface area contributed by atoms with Gasteiger partial charge in [0.15, 0.2) is 12.5 Å². The van der Waals surface area contributed by atoms with Crippen molar-refractivity contribution in [1.82, 2.24) is 9.55 Å². The molecule has 0 aromatic carbocycles. The van der Waals surface area contributed by atoms with Crippen LogP contribution in [0.4, 0.5) is 0 Å². The number of rotatable bonds is 11. The van der Waals surface area contributed by atoms with E-state index in [4.69, 9.17) is 28.5 Å². The van der Waals surface area contributed by atoms with Crippen molar-refractivity contribution >= 4 is 23.5 Å². The molecular formula is C14H25N2O18P3. The van der Waals surface area contributed by atoms with E-state index >= 15 is 0 Å². The number of hydrogen-bond donors (Lipinski definition) is 9. The summed E-state index contributed by atoms with van der Waals surface area (Å²) in [6.07, 6.45) is -12.9. The average molecular weight is 602 g/mol. The Kier molecular flexibility index (Phi) is 9.84. The van der Waals surface area contributed by atoms with Crippen LogP contribution in [0, 0.1) is 0 Å². The van der Waals surface area contributed by atoms with E-state index in [0.29, 0.717) is 0 Å². The molecule has 9 atom stereocenters. The highest BCUT2D eigenvalue weighted by molar-refractivity contribution is 7.46. The van der Waals surface area contributed by atoms with E-state index in [1.54, 1.807) is 0 Å². The molecule has 3 rings (SSSR count). The van der Waals surface area contributed by atoms with Crippen LogP contribution in [0.25, 0.3) is 0 Å². The zero-order chi connectivity index (χ0) is 27.8. The van der Waals surface area contributed by atoms with Crippen molar-refractivity contribution in [3.05, 3.63) is 18.7 Å². The number of aliphatic hydroxyl groups is 3. The molecule has 0 radical (unpaired) electrons. The minimum absolute atomic E-state index is 0.824. The molecule has 0 spiro atoms. The number of nitrogens with zero attached hydrogens (tertiary/aromatic N) is 2. The predicted octanol–water partition coefficient (Wildman–Crippen LogP) is -3.33. The minimum Gasteiger partial charge on any atom is -0.394 e. The van der Waals surface area contributed by atoms with Crippen LogP contribution < -0.4 is 0 Å². The topological polar surface area (TPSA) is 306 Å². The van der Waals surface area contributed by atoms with Crippen molar-refractivity contribution in [1.29, 1.82) is 0 Å². The van der Waals surface area contributed by atoms with Crippen molar-refractivity contribution in [2.24, 2.45) is 0 Å². The Hall–Kier alpha value is -0.700. The van der Waals surface area contributed by atoms with Crippen molar-refractivity contribution in [3.8, 4) is 0 Å². The highest BCUT2D eigenvalue weighted by Gasteiger charge is 2.56. The normalized spacial score (nSPS) is 35.6. The Bertz CT molecular complexity index is 1020. The molecule has 0 aliphatic carbocycles. The fourth-order valence-electron chi connectivity index (χ4n) is 3.82. The number of aromatic nitrogens is 2. The van der Waals surface area contributed by atoms with Crippen molar-refractivity contribution in [3.63, 3.8) is 0 Å². The quantitative estimate of drug-likeness (QED) is 0.112. The highest BCUT2D eigenvalue weighted by Crippen LogP contribution is 2.49. The first kappa shape index (κ1) is 30.8. The monoisotopic (exact) mass is 602 g/mol. The van der Waals surface area contributed by atoms with Crippen LogP contribution in [0.2, 0.25) is 0 Å². The molecule has 0 bridgehead atoms. The van der Waals surface area contributed by atoms with Gasteiger partial charge in [0.2, 0.25) is 0 Å². The number of imidazole rings is 1. The van der Waals surface area contributed by atoms with Gasteiger partial charge < -0.3 is 63.5 Å². The minimum atomic E-state index is -5.46. The van der Waals surface area contributed by atoms with Gasteiger partial charge in [-0.2, -0.15) is 0 Å². The summed E-state index contributed by atoms with van der Waals surface area (Å²) in [5.74, 6) is 0. The third kappa shape index (κ3) is 8.15. The molecule has 2 fully saturated rings. The van der Waals surface area contributed by atoms with E-state index < -0.39 is 91.9 Å². The summed E-state index contributed by atoms with van der Waals surface area (Å²) >= 11 is 0. The molecule has 20 nitrogen and oxygen atoms in total. The van der Waals surface area contributed by atoms with Crippen LogP contribution >= 0.6 is 23.5 Å². The van der Waals surface area contributed by atoms with Gasteiger partial charge in [-0.3, -0.25) is 13.6 Å². The first-order valence-corrected chi connectivity index (χ1v) is 14.7. The first-order valence-electron chi connectivity index (χ1n) is 10.1. The van der Waals surface area contributed by atoms with E-state index in [1.165, 1.54) is 23.3 Å². The Morgan fingerprint density at radius 1 is 0.784 bits per heavy atom. The maximum Gasteiger partial charge on any atom is 0.470 e. The van der Waals surface area contributed by atoms with Crippen LogP contribution in [0.15, 0.2) is 18.7 Å². The van der Waals surface area contributed by atoms with Gasteiger partial charge in [0, 0.05) is 12.4 Å². The predicted molar refractivity (Wildman–Crippen MR) is 111 cm³/mol. The van der Waals surface area contributed by atoms with Crippen molar-refractivity contribution in [2.75, 3.05) is 13.2 Å². The summed E-state index contributed by atoms with van der Waals surface area (Å²) in [5.41, 5.74) is 0. The lowest BCUT2D eigenvalue weighted by Gasteiger charge is -2.44. The molecule has 214 valence electrons. The van der Waals surface area contributed by atoms with Crippen LogP contribution in [0.1, 0.15) is 6.23 Å². The van der Waals surface area contributed by atoms with Crippen molar-refractivity contribution in [2.45, 2.75) is 55.2 Å². The van der Waals surface area contributed by atoms with E-state index in [2.05, 4.69) is 14.0 Å². The Labute approximate surface area is 207 Å². The zero-order valence-corrected chi connectivity index (χ0v) is 21.0. The molecule has 23 heteroatoms. The Morgan fingerprint density at radius 3 is 1.78 bits per heavy atom. The maximum absolute atomic E-state index is 11.6. The summed E-state index contributed by atoms with van der Waals surface area (Å²) in [6.45, 7) is -1.92. The number of aliphatic hydroxyl groups excluding tert-OH is 3. The van der Waals surface area contributed by atoms with E-state index in [-0.39, 0.29) is 0 Å². The summed E-state index contributed by atoms with van der Waals surface area (Å²) in [4.78, 5) is 59.4. The second-order valence-electron chi connectivity index (χ2n) is 7.76. The van der Waals surface area contributed by atoms with Gasteiger partial charge >= 0.3 is 23.5 Å². The number of ether oxygens (including phenoxy) is 3. The fourth-order valence-corrected chi connectivity index (χ4v) is 5.50. The molecule has 0 amide bonds. The Balaban J connectivity index is 1.94.